The molecule has 0 aromatic heterocycles. The zero-order valence-corrected chi connectivity index (χ0v) is 10.6. The number of hydrogen-bond acceptors (Lipinski definition) is 3. The maximum atomic E-state index is 10.9. The van der Waals surface area contributed by atoms with Gasteiger partial charge in [0.25, 0.3) is 0 Å². The Morgan fingerprint density at radius 3 is 2.59 bits per heavy atom. The molecular weight excluding hydrogens is 240 g/mol. The number of hydrogen-bond donors (Lipinski definition) is 1. The molecule has 0 aliphatic carbocycles. The highest BCUT2D eigenvalue weighted by molar-refractivity contribution is 6.18. The Morgan fingerprint density at radius 1 is 1.41 bits per heavy atom. The van der Waals surface area contributed by atoms with Gasteiger partial charge in [0.1, 0.15) is 0 Å². The predicted octanol–water partition coefficient (Wildman–Crippen LogP) is 2.45. The molecule has 1 aromatic rings. The lowest BCUT2D eigenvalue weighted by molar-refractivity contribution is -0.140. The molecule has 0 aliphatic heterocycles. The number of benzene rings is 1. The van der Waals surface area contributed by atoms with Crippen LogP contribution in [0.3, 0.4) is 0 Å². The molecule has 0 fully saturated rings. The van der Waals surface area contributed by atoms with Gasteiger partial charge in [-0.15, -0.1) is 11.6 Å². The predicted molar refractivity (Wildman–Crippen MR) is 67.1 cm³/mol. The number of rotatable bonds is 6. The standard InChI is InChI=1S/C13H17ClO3/c1-17-13(16)4-2-3-10-5-7-11(8-6-10)12(15)9-14/h5-8,12,15H,2-4,9H2,1H3. The van der Waals surface area contributed by atoms with Gasteiger partial charge in [-0.1, -0.05) is 24.3 Å². The summed E-state index contributed by atoms with van der Waals surface area (Å²) in [6.45, 7) is 0. The van der Waals surface area contributed by atoms with Gasteiger partial charge in [0.15, 0.2) is 0 Å². The summed E-state index contributed by atoms with van der Waals surface area (Å²) < 4.78 is 4.57. The highest BCUT2D eigenvalue weighted by Crippen LogP contribution is 2.16. The van der Waals surface area contributed by atoms with Crippen molar-refractivity contribution in [2.75, 3.05) is 13.0 Å². The van der Waals surface area contributed by atoms with Crippen molar-refractivity contribution in [3.63, 3.8) is 0 Å². The quantitative estimate of drug-likeness (QED) is 0.628. The highest BCUT2D eigenvalue weighted by atomic mass is 35.5. The molecule has 1 unspecified atom stereocenters. The fourth-order valence-electron chi connectivity index (χ4n) is 1.53. The van der Waals surface area contributed by atoms with E-state index in [0.29, 0.717) is 6.42 Å². The summed E-state index contributed by atoms with van der Waals surface area (Å²) in [5, 5.41) is 9.51. The third-order valence-electron chi connectivity index (χ3n) is 2.58. The molecule has 1 N–H and O–H groups in total. The zero-order chi connectivity index (χ0) is 12.7. The van der Waals surface area contributed by atoms with Crippen LogP contribution in [0, 0.1) is 0 Å². The molecule has 4 heteroatoms. The summed E-state index contributed by atoms with van der Waals surface area (Å²) in [6, 6.07) is 7.62. The molecule has 3 nitrogen and oxygen atoms in total. The van der Waals surface area contributed by atoms with E-state index in [-0.39, 0.29) is 11.8 Å². The van der Waals surface area contributed by atoms with E-state index in [1.54, 1.807) is 0 Å². The van der Waals surface area contributed by atoms with E-state index in [1.807, 2.05) is 24.3 Å². The molecule has 1 atom stereocenters. The van der Waals surface area contributed by atoms with Crippen LogP contribution in [0.15, 0.2) is 24.3 Å². The van der Waals surface area contributed by atoms with E-state index < -0.39 is 6.10 Å². The maximum absolute atomic E-state index is 10.9. The van der Waals surface area contributed by atoms with Crippen LogP contribution in [-0.4, -0.2) is 24.1 Å². The molecule has 0 saturated heterocycles. The Balaban J connectivity index is 2.43. The number of aliphatic hydroxyl groups is 1. The van der Waals surface area contributed by atoms with Crippen LogP contribution in [-0.2, 0) is 16.0 Å². The minimum absolute atomic E-state index is 0.181. The number of aryl methyl sites for hydroxylation is 1. The lowest BCUT2D eigenvalue weighted by Crippen LogP contribution is -2.01. The van der Waals surface area contributed by atoms with E-state index in [2.05, 4.69) is 4.74 Å². The first-order valence-corrected chi connectivity index (χ1v) is 6.10. The molecule has 1 aromatic carbocycles. The zero-order valence-electron chi connectivity index (χ0n) is 9.86. The molecule has 0 saturated carbocycles. The van der Waals surface area contributed by atoms with Crippen molar-refractivity contribution in [2.24, 2.45) is 0 Å². The van der Waals surface area contributed by atoms with Crippen LogP contribution < -0.4 is 0 Å². The number of aliphatic hydroxyl groups excluding tert-OH is 1. The number of methoxy groups -OCH3 is 1. The van der Waals surface area contributed by atoms with Gasteiger partial charge in [-0.05, 0) is 24.0 Å². The fraction of sp³-hybridized carbons (Fsp3) is 0.462. The van der Waals surface area contributed by atoms with Crippen LogP contribution in [0.25, 0.3) is 0 Å². The minimum atomic E-state index is -0.610. The molecule has 0 spiro atoms. The SMILES string of the molecule is COC(=O)CCCc1ccc(C(O)CCl)cc1. The molecule has 1 rings (SSSR count). The number of alkyl halides is 1. The lowest BCUT2D eigenvalue weighted by Gasteiger charge is -2.08. The Hall–Kier alpha value is -1.06. The van der Waals surface area contributed by atoms with Gasteiger partial charge in [0.2, 0.25) is 0 Å². The number of ether oxygens (including phenoxy) is 1. The third kappa shape index (κ3) is 4.75. The van der Waals surface area contributed by atoms with E-state index in [0.717, 1.165) is 24.0 Å². The van der Waals surface area contributed by atoms with E-state index in [9.17, 15) is 9.90 Å². The second-order valence-electron chi connectivity index (χ2n) is 3.84. The molecular formula is C13H17ClO3. The molecule has 0 heterocycles. The van der Waals surface area contributed by atoms with Crippen LogP contribution >= 0.6 is 11.6 Å². The first-order valence-electron chi connectivity index (χ1n) is 5.57. The first kappa shape index (κ1) is 14.0. The summed E-state index contributed by atoms with van der Waals surface area (Å²) in [7, 11) is 1.39. The summed E-state index contributed by atoms with van der Waals surface area (Å²) in [4.78, 5) is 10.9. The molecule has 0 amide bonds. The van der Waals surface area contributed by atoms with Crippen molar-refractivity contribution in [1.82, 2.24) is 0 Å². The molecule has 0 bridgehead atoms. The average molecular weight is 257 g/mol. The van der Waals surface area contributed by atoms with E-state index in [1.165, 1.54) is 7.11 Å². The average Bonchev–Trinajstić information content (AvgIpc) is 2.38. The number of esters is 1. The first-order chi connectivity index (χ1) is 8.17. The Morgan fingerprint density at radius 2 is 2.06 bits per heavy atom. The minimum Gasteiger partial charge on any atom is -0.469 e. The topological polar surface area (TPSA) is 46.5 Å². The van der Waals surface area contributed by atoms with Crippen molar-refractivity contribution < 1.29 is 14.6 Å². The van der Waals surface area contributed by atoms with Gasteiger partial charge in [-0.2, -0.15) is 0 Å². The van der Waals surface area contributed by atoms with Crippen LogP contribution in [0.2, 0.25) is 0 Å². The van der Waals surface area contributed by atoms with Gasteiger partial charge in [0.05, 0.1) is 19.1 Å². The van der Waals surface area contributed by atoms with Gasteiger partial charge in [-0.3, -0.25) is 4.79 Å². The molecule has 0 aliphatic rings. The van der Waals surface area contributed by atoms with Crippen LogP contribution in [0.4, 0.5) is 0 Å². The summed E-state index contributed by atoms with van der Waals surface area (Å²) in [5.74, 6) is 0.0148. The van der Waals surface area contributed by atoms with Crippen molar-refractivity contribution in [3.05, 3.63) is 35.4 Å². The van der Waals surface area contributed by atoms with Crippen molar-refractivity contribution >= 4 is 17.6 Å². The smallest absolute Gasteiger partial charge is 0.305 e. The number of carbonyl (C=O) groups is 1. The molecule has 94 valence electrons. The Labute approximate surface area is 106 Å². The normalized spacial score (nSPS) is 12.2. The highest BCUT2D eigenvalue weighted by Gasteiger charge is 2.05. The third-order valence-corrected chi connectivity index (χ3v) is 2.88. The summed E-state index contributed by atoms with van der Waals surface area (Å²) in [5.41, 5.74) is 1.95. The second-order valence-corrected chi connectivity index (χ2v) is 4.15. The summed E-state index contributed by atoms with van der Waals surface area (Å²) >= 11 is 5.56. The number of halogens is 1. The fourth-order valence-corrected chi connectivity index (χ4v) is 1.71. The van der Waals surface area contributed by atoms with Crippen molar-refractivity contribution in [3.8, 4) is 0 Å². The molecule has 17 heavy (non-hydrogen) atoms. The van der Waals surface area contributed by atoms with Crippen molar-refractivity contribution in [1.29, 1.82) is 0 Å². The van der Waals surface area contributed by atoms with Crippen LogP contribution in [0.1, 0.15) is 30.1 Å². The van der Waals surface area contributed by atoms with Crippen molar-refractivity contribution in [2.45, 2.75) is 25.4 Å². The largest absolute Gasteiger partial charge is 0.469 e. The van der Waals surface area contributed by atoms with E-state index in [4.69, 9.17) is 11.6 Å². The van der Waals surface area contributed by atoms with Gasteiger partial charge < -0.3 is 9.84 Å². The van der Waals surface area contributed by atoms with Crippen LogP contribution in [0.5, 0.6) is 0 Å². The van der Waals surface area contributed by atoms with Gasteiger partial charge in [0, 0.05) is 6.42 Å². The summed E-state index contributed by atoms with van der Waals surface area (Å²) in [6.07, 6.45) is 1.42. The maximum Gasteiger partial charge on any atom is 0.305 e. The lowest BCUT2D eigenvalue weighted by atomic mass is 10.0. The number of carbonyl (C=O) groups excluding carboxylic acids is 1. The van der Waals surface area contributed by atoms with Gasteiger partial charge >= 0.3 is 5.97 Å². The monoisotopic (exact) mass is 256 g/mol. The Bertz CT molecular complexity index is 348. The Kier molecular flexibility index (Phi) is 6.01. The molecule has 0 radical (unpaired) electrons. The van der Waals surface area contributed by atoms with E-state index >= 15 is 0 Å². The van der Waals surface area contributed by atoms with Gasteiger partial charge in [-0.25, -0.2) is 0 Å². The second kappa shape index (κ2) is 7.30.